The highest BCUT2D eigenvalue weighted by atomic mass is 16.1. The van der Waals surface area contributed by atoms with Crippen molar-refractivity contribution in [3.63, 3.8) is 0 Å². The van der Waals surface area contributed by atoms with Crippen molar-refractivity contribution in [1.29, 1.82) is 0 Å². The number of benzene rings is 1. The second-order valence-electron chi connectivity index (χ2n) is 5.02. The highest BCUT2D eigenvalue weighted by Crippen LogP contribution is 2.11. The molecular formula is C17H16N4O. The van der Waals surface area contributed by atoms with Crippen molar-refractivity contribution in [2.24, 2.45) is 0 Å². The zero-order valence-corrected chi connectivity index (χ0v) is 12.2. The van der Waals surface area contributed by atoms with Crippen LogP contribution in [-0.2, 0) is 6.54 Å². The maximum absolute atomic E-state index is 12.0. The molecule has 0 aliphatic heterocycles. The van der Waals surface area contributed by atoms with E-state index in [1.54, 1.807) is 29.1 Å². The van der Waals surface area contributed by atoms with Crippen LogP contribution < -0.4 is 5.32 Å². The molecule has 0 atom stereocenters. The zero-order chi connectivity index (χ0) is 15.4. The van der Waals surface area contributed by atoms with Crippen LogP contribution in [0.1, 0.15) is 21.5 Å². The van der Waals surface area contributed by atoms with Gasteiger partial charge in [-0.2, -0.15) is 5.10 Å². The van der Waals surface area contributed by atoms with E-state index in [1.807, 2.05) is 18.3 Å². The molecule has 110 valence electrons. The highest BCUT2D eigenvalue weighted by molar-refractivity contribution is 6.03. The number of aryl methyl sites for hydroxylation is 1. The average molecular weight is 292 g/mol. The van der Waals surface area contributed by atoms with Gasteiger partial charge in [-0.05, 0) is 30.2 Å². The Morgan fingerprint density at radius 3 is 2.82 bits per heavy atom. The van der Waals surface area contributed by atoms with Crippen LogP contribution in [0.25, 0.3) is 0 Å². The van der Waals surface area contributed by atoms with Gasteiger partial charge < -0.3 is 5.32 Å². The summed E-state index contributed by atoms with van der Waals surface area (Å²) in [6.07, 6.45) is 5.01. The first-order chi connectivity index (χ1) is 10.7. The van der Waals surface area contributed by atoms with Gasteiger partial charge in [-0.3, -0.25) is 14.5 Å². The third-order valence-corrected chi connectivity index (χ3v) is 3.40. The van der Waals surface area contributed by atoms with Crippen LogP contribution in [-0.4, -0.2) is 20.7 Å². The van der Waals surface area contributed by atoms with Crippen molar-refractivity contribution in [2.75, 3.05) is 5.32 Å². The lowest BCUT2D eigenvalue weighted by atomic mass is 10.1. The van der Waals surface area contributed by atoms with Gasteiger partial charge in [-0.15, -0.1) is 0 Å². The molecule has 0 aliphatic carbocycles. The van der Waals surface area contributed by atoms with Crippen molar-refractivity contribution in [1.82, 2.24) is 14.8 Å². The molecule has 1 N–H and O–H groups in total. The number of nitrogens with one attached hydrogen (secondary N) is 1. The van der Waals surface area contributed by atoms with E-state index in [0.717, 1.165) is 0 Å². The molecule has 0 bridgehead atoms. The Morgan fingerprint density at radius 2 is 2.05 bits per heavy atom. The third-order valence-electron chi connectivity index (χ3n) is 3.40. The van der Waals surface area contributed by atoms with Crippen LogP contribution >= 0.6 is 0 Å². The SMILES string of the molecule is Cc1ccccc1Cn1ccc(NC(=O)c2cccnc2)n1. The fraction of sp³-hybridized carbons (Fsp3) is 0.118. The molecule has 1 aromatic carbocycles. The Labute approximate surface area is 128 Å². The van der Waals surface area contributed by atoms with E-state index in [4.69, 9.17) is 0 Å². The lowest BCUT2D eigenvalue weighted by Gasteiger charge is -2.05. The summed E-state index contributed by atoms with van der Waals surface area (Å²) in [6, 6.07) is 13.4. The Hall–Kier alpha value is -2.95. The maximum atomic E-state index is 12.0. The summed E-state index contributed by atoms with van der Waals surface area (Å²) in [7, 11) is 0. The molecule has 0 saturated carbocycles. The number of hydrogen-bond acceptors (Lipinski definition) is 3. The minimum atomic E-state index is -0.214. The van der Waals surface area contributed by atoms with Crippen molar-refractivity contribution in [3.8, 4) is 0 Å². The number of carbonyl (C=O) groups is 1. The minimum absolute atomic E-state index is 0.214. The average Bonchev–Trinajstić information content (AvgIpc) is 2.97. The number of anilines is 1. The van der Waals surface area contributed by atoms with Crippen LogP contribution in [0.5, 0.6) is 0 Å². The summed E-state index contributed by atoms with van der Waals surface area (Å²) in [5.41, 5.74) is 2.94. The van der Waals surface area contributed by atoms with Crippen LogP contribution in [0.4, 0.5) is 5.82 Å². The molecule has 2 heterocycles. The highest BCUT2D eigenvalue weighted by Gasteiger charge is 2.08. The Bertz CT molecular complexity index is 780. The summed E-state index contributed by atoms with van der Waals surface area (Å²) < 4.78 is 1.81. The molecule has 0 spiro atoms. The van der Waals surface area contributed by atoms with Gasteiger partial charge in [0.1, 0.15) is 0 Å². The molecule has 3 rings (SSSR count). The molecule has 5 nitrogen and oxygen atoms in total. The van der Waals surface area contributed by atoms with E-state index in [2.05, 4.69) is 34.5 Å². The van der Waals surface area contributed by atoms with E-state index in [9.17, 15) is 4.79 Å². The van der Waals surface area contributed by atoms with Gasteiger partial charge in [-0.1, -0.05) is 24.3 Å². The van der Waals surface area contributed by atoms with Gasteiger partial charge in [0.15, 0.2) is 5.82 Å². The lowest BCUT2D eigenvalue weighted by Crippen LogP contribution is -2.13. The number of carbonyl (C=O) groups excluding carboxylic acids is 1. The number of amides is 1. The predicted molar refractivity (Wildman–Crippen MR) is 84.7 cm³/mol. The van der Waals surface area contributed by atoms with Crippen molar-refractivity contribution in [2.45, 2.75) is 13.5 Å². The Balaban J connectivity index is 1.69. The summed E-state index contributed by atoms with van der Waals surface area (Å²) in [6.45, 7) is 2.75. The molecule has 0 saturated heterocycles. The third kappa shape index (κ3) is 3.20. The van der Waals surface area contributed by atoms with Crippen molar-refractivity contribution < 1.29 is 4.79 Å². The predicted octanol–water partition coefficient (Wildman–Crippen LogP) is 2.89. The molecular weight excluding hydrogens is 276 g/mol. The minimum Gasteiger partial charge on any atom is -0.305 e. The Morgan fingerprint density at radius 1 is 1.18 bits per heavy atom. The number of nitrogens with zero attached hydrogens (tertiary/aromatic N) is 3. The summed E-state index contributed by atoms with van der Waals surface area (Å²) in [5.74, 6) is 0.316. The first kappa shape index (κ1) is 14.0. The number of pyridine rings is 1. The van der Waals surface area contributed by atoms with Crippen LogP contribution in [0.15, 0.2) is 61.1 Å². The summed E-state index contributed by atoms with van der Waals surface area (Å²) in [5, 5.41) is 7.14. The lowest BCUT2D eigenvalue weighted by molar-refractivity contribution is 0.102. The molecule has 2 aromatic heterocycles. The van der Waals surface area contributed by atoms with Crippen molar-refractivity contribution in [3.05, 3.63) is 77.7 Å². The fourth-order valence-corrected chi connectivity index (χ4v) is 2.16. The van der Waals surface area contributed by atoms with Crippen LogP contribution in [0.3, 0.4) is 0 Å². The largest absolute Gasteiger partial charge is 0.305 e. The van der Waals surface area contributed by atoms with E-state index in [-0.39, 0.29) is 5.91 Å². The van der Waals surface area contributed by atoms with Gasteiger partial charge in [0.2, 0.25) is 0 Å². The molecule has 0 fully saturated rings. The second kappa shape index (κ2) is 6.22. The molecule has 1 amide bonds. The van der Waals surface area contributed by atoms with Crippen molar-refractivity contribution >= 4 is 11.7 Å². The first-order valence-electron chi connectivity index (χ1n) is 7.02. The maximum Gasteiger partial charge on any atom is 0.258 e. The van der Waals surface area contributed by atoms with Gasteiger partial charge in [-0.25, -0.2) is 0 Å². The molecule has 0 aliphatic rings. The standard InChI is InChI=1S/C17H16N4O/c1-13-5-2-3-6-15(13)12-21-10-8-16(20-21)19-17(22)14-7-4-9-18-11-14/h2-11H,12H2,1H3,(H,19,20,22). The summed E-state index contributed by atoms with van der Waals surface area (Å²) in [4.78, 5) is 16.0. The molecule has 0 radical (unpaired) electrons. The van der Waals surface area contributed by atoms with Crippen LogP contribution in [0.2, 0.25) is 0 Å². The molecule has 5 heteroatoms. The topological polar surface area (TPSA) is 59.8 Å². The van der Waals surface area contributed by atoms with Gasteiger partial charge in [0.25, 0.3) is 5.91 Å². The molecule has 3 aromatic rings. The van der Waals surface area contributed by atoms with Gasteiger partial charge in [0, 0.05) is 24.7 Å². The summed E-state index contributed by atoms with van der Waals surface area (Å²) >= 11 is 0. The van der Waals surface area contributed by atoms with Gasteiger partial charge >= 0.3 is 0 Å². The monoisotopic (exact) mass is 292 g/mol. The van der Waals surface area contributed by atoms with E-state index < -0.39 is 0 Å². The quantitative estimate of drug-likeness (QED) is 0.804. The van der Waals surface area contributed by atoms with Crippen LogP contribution in [0, 0.1) is 6.92 Å². The Kier molecular flexibility index (Phi) is 3.96. The number of rotatable bonds is 4. The van der Waals surface area contributed by atoms with E-state index in [0.29, 0.717) is 17.9 Å². The number of aromatic nitrogens is 3. The number of hydrogen-bond donors (Lipinski definition) is 1. The molecule has 0 unspecified atom stereocenters. The van der Waals surface area contributed by atoms with Gasteiger partial charge in [0.05, 0.1) is 12.1 Å². The zero-order valence-electron chi connectivity index (χ0n) is 12.2. The second-order valence-corrected chi connectivity index (χ2v) is 5.02. The normalized spacial score (nSPS) is 10.4. The fourth-order valence-electron chi connectivity index (χ4n) is 2.16. The smallest absolute Gasteiger partial charge is 0.258 e. The van der Waals surface area contributed by atoms with E-state index in [1.165, 1.54) is 17.3 Å². The molecule has 22 heavy (non-hydrogen) atoms. The first-order valence-corrected chi connectivity index (χ1v) is 7.02. The van der Waals surface area contributed by atoms with E-state index >= 15 is 0 Å².